The smallest absolute Gasteiger partial charge is 0.164 e. The van der Waals surface area contributed by atoms with E-state index >= 15 is 0 Å². The number of fused-ring (bicyclic) bond motifs is 8. The van der Waals surface area contributed by atoms with E-state index in [1.54, 1.807) is 0 Å². The van der Waals surface area contributed by atoms with Gasteiger partial charge in [0, 0.05) is 43.8 Å². The van der Waals surface area contributed by atoms with E-state index in [1.807, 2.05) is 36.4 Å². The largest absolute Gasteiger partial charge is 0.456 e. The summed E-state index contributed by atoms with van der Waals surface area (Å²) in [5, 5.41) is 6.35. The van der Waals surface area contributed by atoms with Crippen molar-refractivity contribution in [2.24, 2.45) is 0 Å². The highest BCUT2D eigenvalue weighted by Gasteiger charge is 2.20. The molecule has 0 saturated carbocycles. The van der Waals surface area contributed by atoms with Gasteiger partial charge in [0.1, 0.15) is 22.3 Å². The lowest BCUT2D eigenvalue weighted by atomic mass is 10.00. The van der Waals surface area contributed by atoms with E-state index in [-0.39, 0.29) is 0 Å². The molecule has 3 aromatic heterocycles. The Morgan fingerprint density at radius 3 is 1.76 bits per heavy atom. The van der Waals surface area contributed by atoms with Crippen LogP contribution in [0, 0.1) is 0 Å². The summed E-state index contributed by atoms with van der Waals surface area (Å²) in [6.45, 7) is 0. The lowest BCUT2D eigenvalue weighted by Crippen LogP contribution is -2.00. The van der Waals surface area contributed by atoms with Crippen LogP contribution in [0.25, 0.3) is 111 Å². The van der Waals surface area contributed by atoms with E-state index in [0.717, 1.165) is 93.6 Å². The van der Waals surface area contributed by atoms with Gasteiger partial charge < -0.3 is 8.83 Å². The number of aromatic nitrogens is 3. The molecule has 5 nitrogen and oxygen atoms in total. The fourth-order valence-electron chi connectivity index (χ4n) is 7.78. The average Bonchev–Trinajstić information content (AvgIpc) is 3.83. The van der Waals surface area contributed by atoms with Crippen LogP contribution in [-0.4, -0.2) is 15.0 Å². The molecule has 54 heavy (non-hydrogen) atoms. The molecule has 0 bridgehead atoms. The highest BCUT2D eigenvalue weighted by atomic mass is 16.3. The van der Waals surface area contributed by atoms with Crippen LogP contribution in [0.5, 0.6) is 0 Å². The second-order valence-electron chi connectivity index (χ2n) is 13.6. The number of hydrogen-bond acceptors (Lipinski definition) is 5. The Morgan fingerprint density at radius 2 is 0.907 bits per heavy atom. The summed E-state index contributed by atoms with van der Waals surface area (Å²) in [5.74, 6) is 1.75. The Labute approximate surface area is 309 Å². The molecule has 0 fully saturated rings. The number of nitrogens with zero attached hydrogens (tertiary/aromatic N) is 3. The van der Waals surface area contributed by atoms with Crippen LogP contribution >= 0.6 is 0 Å². The summed E-state index contributed by atoms with van der Waals surface area (Å²) < 4.78 is 12.9. The molecule has 11 aromatic rings. The first-order chi connectivity index (χ1) is 26.7. The second kappa shape index (κ2) is 12.1. The van der Waals surface area contributed by atoms with Gasteiger partial charge in [-0.2, -0.15) is 0 Å². The van der Waals surface area contributed by atoms with Crippen LogP contribution < -0.4 is 0 Å². The van der Waals surface area contributed by atoms with E-state index < -0.39 is 0 Å². The predicted molar refractivity (Wildman–Crippen MR) is 219 cm³/mol. The fourth-order valence-corrected chi connectivity index (χ4v) is 7.78. The lowest BCUT2D eigenvalue weighted by molar-refractivity contribution is 0.669. The van der Waals surface area contributed by atoms with Gasteiger partial charge in [0.15, 0.2) is 17.5 Å². The summed E-state index contributed by atoms with van der Waals surface area (Å²) in [4.78, 5) is 15.6. The van der Waals surface area contributed by atoms with Crippen molar-refractivity contribution >= 4 is 54.6 Å². The van der Waals surface area contributed by atoms with E-state index in [1.165, 1.54) is 0 Å². The normalized spacial score (nSPS) is 11.7. The van der Waals surface area contributed by atoms with Crippen LogP contribution in [0.3, 0.4) is 0 Å². The van der Waals surface area contributed by atoms with E-state index in [0.29, 0.717) is 17.5 Å². The number of furan rings is 2. The van der Waals surface area contributed by atoms with Crippen molar-refractivity contribution in [1.82, 2.24) is 15.0 Å². The molecule has 3 heterocycles. The van der Waals surface area contributed by atoms with Crippen molar-refractivity contribution < 1.29 is 8.83 Å². The molecule has 11 rings (SSSR count). The molecule has 0 amide bonds. The molecular weight excluding hydrogens is 663 g/mol. The van der Waals surface area contributed by atoms with E-state index in [4.69, 9.17) is 23.8 Å². The minimum absolute atomic E-state index is 0.575. The van der Waals surface area contributed by atoms with E-state index in [2.05, 4.69) is 140 Å². The molecular formula is C49H29N3O2. The first-order valence-corrected chi connectivity index (χ1v) is 18.0. The fraction of sp³-hybridized carbons (Fsp3) is 0. The van der Waals surface area contributed by atoms with Gasteiger partial charge in [-0.15, -0.1) is 0 Å². The Balaban J connectivity index is 1.16. The molecule has 0 atom stereocenters. The van der Waals surface area contributed by atoms with Crippen molar-refractivity contribution in [2.45, 2.75) is 0 Å². The summed E-state index contributed by atoms with van der Waals surface area (Å²) in [6.07, 6.45) is 0. The SMILES string of the molecule is c1ccc(-c2cccc(-c3nc(-c4ccc5ccc6oc7ccccc7c6c5c4)nc(-c4cccc5oc6c(-c7ccccc7)cccc6c45)n3)c2)cc1. The topological polar surface area (TPSA) is 65.0 Å². The molecule has 0 radical (unpaired) electrons. The maximum Gasteiger partial charge on any atom is 0.164 e. The second-order valence-corrected chi connectivity index (χ2v) is 13.6. The first kappa shape index (κ1) is 30.3. The summed E-state index contributed by atoms with van der Waals surface area (Å²) in [6, 6.07) is 60.3. The van der Waals surface area contributed by atoms with Gasteiger partial charge in [-0.25, -0.2) is 15.0 Å². The van der Waals surface area contributed by atoms with Gasteiger partial charge in [0.05, 0.1) is 0 Å². The quantitative estimate of drug-likeness (QED) is 0.180. The Morgan fingerprint density at radius 1 is 0.315 bits per heavy atom. The molecule has 0 aliphatic rings. The van der Waals surface area contributed by atoms with Crippen LogP contribution in [-0.2, 0) is 0 Å². The van der Waals surface area contributed by atoms with Crippen LogP contribution in [0.4, 0.5) is 0 Å². The molecule has 5 heteroatoms. The average molecular weight is 692 g/mol. The summed E-state index contributed by atoms with van der Waals surface area (Å²) in [5.41, 5.74) is 10.4. The predicted octanol–water partition coefficient (Wildman–Crippen LogP) is 13.2. The highest BCUT2D eigenvalue weighted by Crippen LogP contribution is 2.41. The maximum absolute atomic E-state index is 6.63. The van der Waals surface area contributed by atoms with Crippen molar-refractivity contribution in [2.75, 3.05) is 0 Å². The van der Waals surface area contributed by atoms with Crippen LogP contribution in [0.1, 0.15) is 0 Å². The van der Waals surface area contributed by atoms with E-state index in [9.17, 15) is 0 Å². The molecule has 0 spiro atoms. The monoisotopic (exact) mass is 691 g/mol. The summed E-state index contributed by atoms with van der Waals surface area (Å²) >= 11 is 0. The third-order valence-electron chi connectivity index (χ3n) is 10.3. The number of rotatable bonds is 5. The third-order valence-corrected chi connectivity index (χ3v) is 10.3. The van der Waals surface area contributed by atoms with Crippen LogP contribution in [0.2, 0.25) is 0 Å². The molecule has 0 aliphatic carbocycles. The van der Waals surface area contributed by atoms with Gasteiger partial charge in [0.25, 0.3) is 0 Å². The summed E-state index contributed by atoms with van der Waals surface area (Å²) in [7, 11) is 0. The number of benzene rings is 8. The van der Waals surface area contributed by atoms with Gasteiger partial charge in [-0.05, 0) is 57.8 Å². The zero-order valence-electron chi connectivity index (χ0n) is 28.9. The molecule has 0 unspecified atom stereocenters. The zero-order chi connectivity index (χ0) is 35.6. The zero-order valence-corrected chi connectivity index (χ0v) is 28.9. The molecule has 0 saturated heterocycles. The van der Waals surface area contributed by atoms with Gasteiger partial charge in [-0.3, -0.25) is 0 Å². The molecule has 8 aromatic carbocycles. The molecule has 0 aliphatic heterocycles. The number of para-hydroxylation sites is 2. The van der Waals surface area contributed by atoms with Crippen LogP contribution in [0.15, 0.2) is 185 Å². The minimum atomic E-state index is 0.575. The maximum atomic E-state index is 6.63. The van der Waals surface area contributed by atoms with Crippen molar-refractivity contribution in [3.8, 4) is 56.4 Å². The highest BCUT2D eigenvalue weighted by molar-refractivity contribution is 6.19. The first-order valence-electron chi connectivity index (χ1n) is 18.0. The standard InChI is InChI=1S/C49H29N3O2/c1-3-12-30(13-4-1)33-16-9-17-34(28-33)47-50-48(35-25-24-32-26-27-43-44(40(32)29-35)37-18-7-8-22-41(37)53-43)52-49(51-47)39-21-11-23-42-45(39)38-20-10-19-36(46(38)54-42)31-14-5-2-6-15-31/h1-29H. The number of hydrogen-bond donors (Lipinski definition) is 0. The van der Waals surface area contributed by atoms with Crippen molar-refractivity contribution in [3.63, 3.8) is 0 Å². The van der Waals surface area contributed by atoms with Crippen molar-refractivity contribution in [3.05, 3.63) is 176 Å². The van der Waals surface area contributed by atoms with Gasteiger partial charge in [0.2, 0.25) is 0 Å². The Hall–Kier alpha value is -7.37. The molecule has 0 N–H and O–H groups in total. The molecule has 252 valence electrons. The van der Waals surface area contributed by atoms with Crippen molar-refractivity contribution in [1.29, 1.82) is 0 Å². The van der Waals surface area contributed by atoms with Gasteiger partial charge in [-0.1, -0.05) is 146 Å². The Bertz CT molecular complexity index is 3220. The lowest BCUT2D eigenvalue weighted by Gasteiger charge is -2.11. The third kappa shape index (κ3) is 4.90. The Kier molecular flexibility index (Phi) is 6.79. The minimum Gasteiger partial charge on any atom is -0.456 e. The van der Waals surface area contributed by atoms with Gasteiger partial charge >= 0.3 is 0 Å².